The van der Waals surface area contributed by atoms with Crippen LogP contribution in [0.5, 0.6) is 11.5 Å². The van der Waals surface area contributed by atoms with Gasteiger partial charge in [-0.3, -0.25) is 5.32 Å². The van der Waals surface area contributed by atoms with Crippen LogP contribution in [0.2, 0.25) is 0 Å². The normalized spacial score (nSPS) is 10.7. The predicted molar refractivity (Wildman–Crippen MR) is 136 cm³/mol. The fraction of sp³-hybridized carbons (Fsp3) is 0.296. The number of amides is 1. The highest BCUT2D eigenvalue weighted by atomic mass is 79.9. The molecule has 0 spiro atoms. The van der Waals surface area contributed by atoms with Crippen LogP contribution >= 0.6 is 15.9 Å². The molecule has 0 aliphatic rings. The van der Waals surface area contributed by atoms with Gasteiger partial charge < -0.3 is 14.2 Å². The highest BCUT2D eigenvalue weighted by molar-refractivity contribution is 9.08. The maximum atomic E-state index is 12.6. The third kappa shape index (κ3) is 7.53. The maximum absolute atomic E-state index is 12.6. The van der Waals surface area contributed by atoms with Crippen LogP contribution < -0.4 is 14.8 Å². The molecule has 0 heterocycles. The van der Waals surface area contributed by atoms with E-state index in [1.54, 1.807) is 7.11 Å². The van der Waals surface area contributed by atoms with Gasteiger partial charge in [-0.2, -0.15) is 0 Å². The summed E-state index contributed by atoms with van der Waals surface area (Å²) in [6, 6.07) is 21.5. The minimum Gasteiger partial charge on any atom is -0.497 e. The van der Waals surface area contributed by atoms with Gasteiger partial charge in [0.2, 0.25) is 0 Å². The zero-order valence-corrected chi connectivity index (χ0v) is 20.9. The second-order valence-electron chi connectivity index (χ2n) is 8.12. The van der Waals surface area contributed by atoms with E-state index in [0.29, 0.717) is 24.0 Å². The van der Waals surface area contributed by atoms with Crippen molar-refractivity contribution in [3.63, 3.8) is 0 Å². The smallest absolute Gasteiger partial charge is 0.412 e. The fourth-order valence-electron chi connectivity index (χ4n) is 3.14. The Hall–Kier alpha value is -2.99. The number of rotatable bonds is 10. The second-order valence-corrected chi connectivity index (χ2v) is 8.68. The molecule has 0 bridgehead atoms. The van der Waals surface area contributed by atoms with Crippen LogP contribution in [0.15, 0.2) is 66.7 Å². The van der Waals surface area contributed by atoms with Crippen molar-refractivity contribution in [1.29, 1.82) is 0 Å². The van der Waals surface area contributed by atoms with E-state index in [9.17, 15) is 4.79 Å². The van der Waals surface area contributed by atoms with Crippen molar-refractivity contribution < 1.29 is 19.0 Å². The average molecular weight is 512 g/mol. The van der Waals surface area contributed by atoms with E-state index < -0.39 is 6.09 Å². The quantitative estimate of drug-likeness (QED) is 0.287. The first-order valence-electron chi connectivity index (χ1n) is 11.0. The molecule has 0 fully saturated rings. The van der Waals surface area contributed by atoms with E-state index in [4.69, 9.17) is 14.2 Å². The van der Waals surface area contributed by atoms with Gasteiger partial charge in [0, 0.05) is 5.33 Å². The van der Waals surface area contributed by atoms with Gasteiger partial charge in [-0.15, -0.1) is 0 Å². The summed E-state index contributed by atoms with van der Waals surface area (Å²) in [5, 5.41) is 3.66. The minimum atomic E-state index is -0.536. The Bertz CT molecular complexity index is 1030. The van der Waals surface area contributed by atoms with E-state index in [2.05, 4.69) is 59.4 Å². The zero-order chi connectivity index (χ0) is 23.6. The molecule has 0 radical (unpaired) electrons. The first-order chi connectivity index (χ1) is 16.0. The number of hydrogen-bond acceptors (Lipinski definition) is 4. The lowest BCUT2D eigenvalue weighted by Gasteiger charge is -2.15. The number of carbonyl (C=O) groups is 1. The first-order valence-corrected chi connectivity index (χ1v) is 12.1. The van der Waals surface area contributed by atoms with Crippen LogP contribution in [0.25, 0.3) is 11.1 Å². The number of halogens is 1. The van der Waals surface area contributed by atoms with Gasteiger partial charge in [0.05, 0.1) is 19.4 Å². The number of hydrogen-bond donors (Lipinski definition) is 1. The number of nitrogens with one attached hydrogen (secondary N) is 1. The Morgan fingerprint density at radius 2 is 1.61 bits per heavy atom. The first kappa shape index (κ1) is 24.6. The van der Waals surface area contributed by atoms with Gasteiger partial charge in [-0.25, -0.2) is 4.79 Å². The fourth-order valence-corrected chi connectivity index (χ4v) is 3.51. The van der Waals surface area contributed by atoms with Gasteiger partial charge in [-0.05, 0) is 58.9 Å². The van der Waals surface area contributed by atoms with E-state index in [0.717, 1.165) is 34.2 Å². The third-order valence-corrected chi connectivity index (χ3v) is 5.79. The Labute approximate surface area is 204 Å². The molecule has 0 saturated carbocycles. The Kier molecular flexibility index (Phi) is 9.19. The Morgan fingerprint density at radius 1 is 0.939 bits per heavy atom. The third-order valence-electron chi connectivity index (χ3n) is 5.14. The molecule has 3 aromatic rings. The number of carbonyl (C=O) groups excluding carboxylic acids is 1. The lowest BCUT2D eigenvalue weighted by Crippen LogP contribution is -2.15. The van der Waals surface area contributed by atoms with Crippen LogP contribution in [0.3, 0.4) is 0 Å². The number of ether oxygens (including phenoxy) is 3. The molecule has 0 unspecified atom stereocenters. The Balaban J connectivity index is 1.73. The Morgan fingerprint density at radius 3 is 2.24 bits per heavy atom. The molecule has 3 aromatic carbocycles. The number of anilines is 1. The summed E-state index contributed by atoms with van der Waals surface area (Å²) in [6.07, 6.45) is 0.392. The van der Waals surface area contributed by atoms with Crippen molar-refractivity contribution in [3.05, 3.63) is 77.9 Å². The lowest BCUT2D eigenvalue weighted by molar-refractivity contribution is 0.155. The molecule has 0 saturated heterocycles. The van der Waals surface area contributed by atoms with Gasteiger partial charge in [0.1, 0.15) is 18.1 Å². The number of alkyl halides is 1. The van der Waals surface area contributed by atoms with Gasteiger partial charge in [0.15, 0.2) is 0 Å². The molecule has 0 aromatic heterocycles. The summed E-state index contributed by atoms with van der Waals surface area (Å²) in [7, 11) is 1.62. The highest BCUT2D eigenvalue weighted by Crippen LogP contribution is 2.32. The number of benzene rings is 3. The summed E-state index contributed by atoms with van der Waals surface area (Å²) < 4.78 is 16.6. The average Bonchev–Trinajstić information content (AvgIpc) is 2.84. The van der Waals surface area contributed by atoms with Crippen LogP contribution in [-0.2, 0) is 16.7 Å². The molecular formula is C27H30BrNO4. The molecule has 33 heavy (non-hydrogen) atoms. The molecule has 0 aliphatic heterocycles. The van der Waals surface area contributed by atoms with Gasteiger partial charge in [-0.1, -0.05) is 72.2 Å². The monoisotopic (exact) mass is 511 g/mol. The van der Waals surface area contributed by atoms with E-state index in [-0.39, 0.29) is 6.61 Å². The van der Waals surface area contributed by atoms with E-state index in [1.807, 2.05) is 42.5 Å². The summed E-state index contributed by atoms with van der Waals surface area (Å²) in [4.78, 5) is 12.6. The SMILES string of the molecule is COc1ccc(COC(=O)Nc2cc(-c3ccc(CBr)cc3)ccc2OCCC(C)C)cc1. The summed E-state index contributed by atoms with van der Waals surface area (Å²) in [5.41, 5.74) is 4.70. The van der Waals surface area contributed by atoms with Crippen molar-refractivity contribution >= 4 is 27.7 Å². The summed E-state index contributed by atoms with van der Waals surface area (Å²) >= 11 is 3.48. The van der Waals surface area contributed by atoms with Crippen LogP contribution in [0, 0.1) is 5.92 Å². The zero-order valence-electron chi connectivity index (χ0n) is 19.3. The standard InChI is InChI=1S/C27H30BrNO4/c1-19(2)14-15-32-26-13-10-23(22-8-4-20(17-28)5-9-22)16-25(26)29-27(30)33-18-21-6-11-24(31-3)12-7-21/h4-13,16,19H,14-15,17-18H2,1-3H3,(H,29,30). The molecule has 1 amide bonds. The molecule has 3 rings (SSSR count). The highest BCUT2D eigenvalue weighted by Gasteiger charge is 2.12. The van der Waals surface area contributed by atoms with Crippen molar-refractivity contribution in [2.24, 2.45) is 5.92 Å². The van der Waals surface area contributed by atoms with Gasteiger partial charge in [0.25, 0.3) is 0 Å². The van der Waals surface area contributed by atoms with E-state index in [1.165, 1.54) is 5.56 Å². The second kappa shape index (κ2) is 12.3. The minimum absolute atomic E-state index is 0.160. The maximum Gasteiger partial charge on any atom is 0.412 e. The van der Waals surface area contributed by atoms with Crippen LogP contribution in [0.1, 0.15) is 31.4 Å². The molecule has 5 nitrogen and oxygen atoms in total. The van der Waals surface area contributed by atoms with Crippen LogP contribution in [0.4, 0.5) is 10.5 Å². The summed E-state index contributed by atoms with van der Waals surface area (Å²) in [6.45, 7) is 5.04. The topological polar surface area (TPSA) is 56.8 Å². The summed E-state index contributed by atoms with van der Waals surface area (Å²) in [5.74, 6) is 1.91. The molecule has 0 atom stereocenters. The van der Waals surface area contributed by atoms with Crippen molar-refractivity contribution in [3.8, 4) is 22.6 Å². The molecule has 174 valence electrons. The lowest BCUT2D eigenvalue weighted by atomic mass is 10.0. The largest absolute Gasteiger partial charge is 0.497 e. The van der Waals surface area contributed by atoms with Crippen molar-refractivity contribution in [2.75, 3.05) is 19.0 Å². The number of methoxy groups -OCH3 is 1. The molecular weight excluding hydrogens is 482 g/mol. The van der Waals surface area contributed by atoms with Crippen molar-refractivity contribution in [1.82, 2.24) is 0 Å². The van der Waals surface area contributed by atoms with E-state index >= 15 is 0 Å². The molecule has 6 heteroatoms. The predicted octanol–water partition coefficient (Wildman–Crippen LogP) is 7.43. The van der Waals surface area contributed by atoms with Gasteiger partial charge >= 0.3 is 6.09 Å². The van der Waals surface area contributed by atoms with Crippen LogP contribution in [-0.4, -0.2) is 19.8 Å². The van der Waals surface area contributed by atoms with Crippen molar-refractivity contribution in [2.45, 2.75) is 32.2 Å². The molecule has 0 aliphatic carbocycles. The molecule has 1 N–H and O–H groups in total.